The molecule has 10 rings (SSSR count). The second-order valence-electron chi connectivity index (χ2n) is 18.7. The fraction of sp³-hybridized carbons (Fsp3) is 0.462. The van der Waals surface area contributed by atoms with Crippen LogP contribution in [0.4, 0.5) is 34.1 Å². The Labute approximate surface area is 425 Å². The molecule has 0 unspecified atom stereocenters. The van der Waals surface area contributed by atoms with E-state index in [1.807, 2.05) is 12.1 Å². The lowest BCUT2D eigenvalue weighted by Gasteiger charge is -2.32. The van der Waals surface area contributed by atoms with E-state index in [2.05, 4.69) is 112 Å². The van der Waals surface area contributed by atoms with Crippen LogP contribution in [0.25, 0.3) is 20.4 Å². The van der Waals surface area contributed by atoms with Crippen LogP contribution in [0, 0.1) is 0 Å². The number of amides is 1. The van der Waals surface area contributed by atoms with Gasteiger partial charge >= 0.3 is 5.97 Å². The largest absolute Gasteiger partial charge is 0.465 e. The summed E-state index contributed by atoms with van der Waals surface area (Å²) in [5, 5.41) is 8.71. The lowest BCUT2D eigenvalue weighted by Crippen LogP contribution is -2.43. The third kappa shape index (κ3) is 12.3. The first kappa shape index (κ1) is 51.6. The van der Waals surface area contributed by atoms with E-state index in [1.165, 1.54) is 52.3 Å². The Morgan fingerprint density at radius 2 is 0.930 bits per heavy atom. The summed E-state index contributed by atoms with van der Waals surface area (Å²) < 4.78 is 4.91. The van der Waals surface area contributed by atoms with Gasteiger partial charge in [0.2, 0.25) is 0 Å². The summed E-state index contributed by atoms with van der Waals surface area (Å²) in [7, 11) is 6.77. The number of nitrogens with zero attached hydrogens (tertiary/aromatic N) is 10. The minimum atomic E-state index is -0.496. The zero-order chi connectivity index (χ0) is 50.0. The molecule has 1 amide bonds. The highest BCUT2D eigenvalue weighted by Gasteiger charge is 2.26. The number of hydrogen-bond acceptors (Lipinski definition) is 18. The average Bonchev–Trinajstić information content (AvgIpc) is 3.65. The third-order valence-corrected chi connectivity index (χ3v) is 16.3. The molecule has 4 aromatic heterocycles. The van der Waals surface area contributed by atoms with E-state index in [0.717, 1.165) is 170 Å². The number of fused-ring (bicyclic) bond motifs is 2. The Bertz CT molecular complexity index is 2700. The number of carbonyl (C=O) groups excluding carboxylic acids is 2. The summed E-state index contributed by atoms with van der Waals surface area (Å²) in [6.07, 6.45) is 5.68. The fourth-order valence-corrected chi connectivity index (χ4v) is 11.9. The van der Waals surface area contributed by atoms with Crippen molar-refractivity contribution in [2.24, 2.45) is 5.73 Å². The maximum Gasteiger partial charge on any atom is 0.350 e. The van der Waals surface area contributed by atoms with Gasteiger partial charge < -0.3 is 56.4 Å². The first-order valence-electron chi connectivity index (χ1n) is 24.7. The zero-order valence-electron chi connectivity index (χ0n) is 41.8. The number of aliphatic hydroxyl groups excluding tert-OH is 1. The quantitative estimate of drug-likeness (QED) is 0.131. The molecule has 8 heterocycles. The molecule has 0 saturated carbocycles. The van der Waals surface area contributed by atoms with E-state index in [4.69, 9.17) is 27.0 Å². The van der Waals surface area contributed by atoms with Crippen molar-refractivity contribution in [2.75, 3.05) is 164 Å². The van der Waals surface area contributed by atoms with Crippen LogP contribution < -0.4 is 36.8 Å². The van der Waals surface area contributed by atoms with E-state index in [1.54, 1.807) is 12.4 Å². The minimum Gasteiger partial charge on any atom is -0.465 e. The predicted octanol–water partition coefficient (Wildman–Crippen LogP) is 5.18. The highest BCUT2D eigenvalue weighted by Crippen LogP contribution is 2.40. The van der Waals surface area contributed by atoms with Gasteiger partial charge in [0.25, 0.3) is 5.91 Å². The highest BCUT2D eigenvalue weighted by molar-refractivity contribution is 7.21. The van der Waals surface area contributed by atoms with Crippen LogP contribution in [0.5, 0.6) is 0 Å². The molecule has 7 N–H and O–H groups in total. The number of aliphatic hydroxyl groups is 1. The Morgan fingerprint density at radius 1 is 0.549 bits per heavy atom. The van der Waals surface area contributed by atoms with Gasteiger partial charge in [0.15, 0.2) is 0 Å². The van der Waals surface area contributed by atoms with Crippen molar-refractivity contribution in [2.45, 2.75) is 25.9 Å². The summed E-state index contributed by atoms with van der Waals surface area (Å²) in [6, 6.07) is 22.2. The van der Waals surface area contributed by atoms with E-state index >= 15 is 0 Å². The summed E-state index contributed by atoms with van der Waals surface area (Å²) in [6.45, 7) is 18.7. The zero-order valence-corrected chi connectivity index (χ0v) is 43.4. The van der Waals surface area contributed by atoms with Gasteiger partial charge in [0.1, 0.15) is 19.4 Å². The molecule has 4 saturated heterocycles. The smallest absolute Gasteiger partial charge is 0.350 e. The molecule has 4 aliphatic heterocycles. The van der Waals surface area contributed by atoms with Gasteiger partial charge in [0, 0.05) is 149 Å². The van der Waals surface area contributed by atoms with E-state index in [9.17, 15) is 9.59 Å². The van der Waals surface area contributed by atoms with Crippen LogP contribution >= 0.6 is 22.7 Å². The average molecular weight is 1010 g/mol. The van der Waals surface area contributed by atoms with Gasteiger partial charge in [-0.2, -0.15) is 0 Å². The monoisotopic (exact) mass is 1010 g/mol. The van der Waals surface area contributed by atoms with E-state index < -0.39 is 11.9 Å². The van der Waals surface area contributed by atoms with Crippen molar-refractivity contribution in [3.8, 4) is 0 Å². The van der Waals surface area contributed by atoms with Crippen LogP contribution in [0.15, 0.2) is 73.1 Å². The number of pyridine rings is 2. The topological polar surface area (TPSA) is 193 Å². The standard InChI is InChI=1S/C26H34N6O2S.C25H33N7OS.CH4O/c1-29-12-14-30(15-13-29)18-19-4-6-20(7-5-19)31-10-3-11-32(17-16-31)21-8-9-28-25-22(21)23(27)24(35-25)26(33)34-2;1-29-11-13-30(14-12-29)17-18-3-5-19(6-4-18)31-9-2-10-32(16-15-31)20-7-8-28-25-21(20)22(26)23(34-25)24(27)33;1-2/h4-9H,3,10-18,27H2,1-2H3;3-8H,2,9-17,26H2,1H3,(H2,27,33);2H,1H3. The number of hydrogen-bond donors (Lipinski definition) is 4. The number of benzene rings is 2. The first-order chi connectivity index (χ1) is 34.5. The number of thiophene rings is 2. The molecule has 0 bridgehead atoms. The van der Waals surface area contributed by atoms with Crippen molar-refractivity contribution < 1.29 is 19.4 Å². The number of ether oxygens (including phenoxy) is 1. The number of rotatable bonds is 10. The second kappa shape index (κ2) is 24.1. The van der Waals surface area contributed by atoms with Crippen LogP contribution in [0.1, 0.15) is 43.3 Å². The van der Waals surface area contributed by atoms with Crippen LogP contribution in [0.3, 0.4) is 0 Å². The van der Waals surface area contributed by atoms with Crippen LogP contribution in [0.2, 0.25) is 0 Å². The Balaban J connectivity index is 0.000000184. The molecule has 380 valence electrons. The molecule has 0 aliphatic carbocycles. The molecule has 71 heavy (non-hydrogen) atoms. The van der Waals surface area contributed by atoms with Gasteiger partial charge in [-0.3, -0.25) is 14.6 Å². The molecule has 0 spiro atoms. The molecule has 0 radical (unpaired) electrons. The Hall–Kier alpha value is -5.80. The van der Waals surface area contributed by atoms with Crippen molar-refractivity contribution in [3.63, 3.8) is 0 Å². The molecule has 4 aliphatic rings. The number of likely N-dealkylation sites (N-methyl/N-ethyl adjacent to an activating group) is 2. The Morgan fingerprint density at radius 3 is 1.34 bits per heavy atom. The van der Waals surface area contributed by atoms with Crippen LogP contribution in [-0.4, -0.2) is 180 Å². The highest BCUT2D eigenvalue weighted by atomic mass is 32.1. The molecule has 19 heteroatoms. The van der Waals surface area contributed by atoms with E-state index in [0.29, 0.717) is 21.1 Å². The number of esters is 1. The maximum atomic E-state index is 12.2. The van der Waals surface area contributed by atoms with Gasteiger partial charge in [0.05, 0.1) is 40.6 Å². The number of carbonyl (C=O) groups is 2. The number of anilines is 6. The number of nitrogen functional groups attached to an aromatic ring is 2. The van der Waals surface area contributed by atoms with Crippen molar-refractivity contribution in [1.29, 1.82) is 0 Å². The van der Waals surface area contributed by atoms with Gasteiger partial charge in [-0.25, -0.2) is 14.8 Å². The molecule has 6 aromatic rings. The van der Waals surface area contributed by atoms with Crippen molar-refractivity contribution in [3.05, 3.63) is 93.9 Å². The summed E-state index contributed by atoms with van der Waals surface area (Å²) in [5.74, 6) is -0.904. The fourth-order valence-electron chi connectivity index (χ4n) is 10.00. The molecular formula is C52H71N13O4S2. The SMILES string of the molecule is CN1CCN(Cc2ccc(N3CCCN(c4ccnc5sc(C(N)=O)c(N)c45)CC3)cc2)CC1.CO.COC(=O)c1sc2nccc(N3CCCN(c4ccc(CN5CCN(C)CC5)cc4)CC3)c2c1N. The van der Waals surface area contributed by atoms with Crippen molar-refractivity contribution >= 4 is 89.1 Å². The third-order valence-electron chi connectivity index (χ3n) is 14.1. The number of aromatic nitrogens is 2. The Kier molecular flexibility index (Phi) is 17.5. The molecule has 2 aromatic carbocycles. The number of piperazine rings is 2. The molecule has 17 nitrogen and oxygen atoms in total. The van der Waals surface area contributed by atoms with Gasteiger partial charge in [-0.15, -0.1) is 22.7 Å². The van der Waals surface area contributed by atoms with Gasteiger partial charge in [-0.05, 0) is 74.5 Å². The van der Waals surface area contributed by atoms with Crippen molar-refractivity contribution in [1.82, 2.24) is 29.6 Å². The summed E-state index contributed by atoms with van der Waals surface area (Å²) in [4.78, 5) is 54.7. The second-order valence-corrected chi connectivity index (χ2v) is 20.7. The first-order valence-corrected chi connectivity index (χ1v) is 26.3. The van der Waals surface area contributed by atoms with Gasteiger partial charge in [-0.1, -0.05) is 24.3 Å². The molecular weight excluding hydrogens is 935 g/mol. The normalized spacial score (nSPS) is 17.8. The lowest BCUT2D eigenvalue weighted by atomic mass is 10.1. The number of primary amides is 1. The van der Waals surface area contributed by atoms with Crippen LogP contribution in [-0.2, 0) is 17.8 Å². The number of nitrogens with two attached hydrogens (primary N) is 3. The maximum absolute atomic E-state index is 12.2. The van der Waals surface area contributed by atoms with E-state index in [-0.39, 0.29) is 0 Å². The predicted molar refractivity (Wildman–Crippen MR) is 293 cm³/mol. The molecule has 0 atom stereocenters. The molecule has 4 fully saturated rings. The number of methoxy groups -OCH3 is 1. The summed E-state index contributed by atoms with van der Waals surface area (Å²) in [5.41, 5.74) is 26.5. The lowest BCUT2D eigenvalue weighted by molar-refractivity contribution is 0.0607. The summed E-state index contributed by atoms with van der Waals surface area (Å²) >= 11 is 2.57. The minimum absolute atomic E-state index is 0.392.